The molecule has 2 rings (SSSR count). The number of nitrogens with two attached hydrogens (primary N) is 1. The van der Waals surface area contributed by atoms with Crippen LogP contribution >= 0.6 is 11.3 Å². The predicted molar refractivity (Wildman–Crippen MR) is 77.8 cm³/mol. The Morgan fingerprint density at radius 3 is 2.89 bits per heavy atom. The van der Waals surface area contributed by atoms with Crippen molar-refractivity contribution in [3.63, 3.8) is 0 Å². The molecule has 0 unspecified atom stereocenters. The fourth-order valence-corrected chi connectivity index (χ4v) is 3.09. The summed E-state index contributed by atoms with van der Waals surface area (Å²) in [6.45, 7) is 5.71. The van der Waals surface area contributed by atoms with Crippen molar-refractivity contribution < 1.29 is 4.79 Å². The molecule has 1 saturated heterocycles. The zero-order valence-electron chi connectivity index (χ0n) is 11.4. The molecule has 1 fully saturated rings. The lowest BCUT2D eigenvalue weighted by Crippen LogP contribution is -2.40. The second-order valence-electron chi connectivity index (χ2n) is 5.01. The van der Waals surface area contributed by atoms with Gasteiger partial charge in [0.15, 0.2) is 5.13 Å². The van der Waals surface area contributed by atoms with Crippen LogP contribution in [0.1, 0.15) is 31.1 Å². The molecule has 0 bridgehead atoms. The van der Waals surface area contributed by atoms with Crippen molar-refractivity contribution in [1.29, 1.82) is 0 Å². The predicted octanol–water partition coefficient (Wildman–Crippen LogP) is 1.46. The fourth-order valence-electron chi connectivity index (χ4n) is 2.36. The Bertz CT molecular complexity index is 413. The van der Waals surface area contributed by atoms with Gasteiger partial charge in [0.2, 0.25) is 5.91 Å². The summed E-state index contributed by atoms with van der Waals surface area (Å²) < 4.78 is 0. The van der Waals surface area contributed by atoms with Crippen LogP contribution in [0, 0.1) is 5.92 Å². The molecule has 0 radical (unpaired) electrons. The number of piperidine rings is 1. The maximum atomic E-state index is 11.9. The zero-order valence-corrected chi connectivity index (χ0v) is 12.2. The van der Waals surface area contributed by atoms with E-state index in [0.29, 0.717) is 5.13 Å². The van der Waals surface area contributed by atoms with Crippen LogP contribution in [0.25, 0.3) is 0 Å². The van der Waals surface area contributed by atoms with E-state index in [4.69, 9.17) is 5.73 Å². The third-order valence-corrected chi connectivity index (χ3v) is 4.27. The van der Waals surface area contributed by atoms with Crippen LogP contribution in [-0.4, -0.2) is 35.4 Å². The molecular formula is C13H22N4OS. The molecule has 106 valence electrons. The van der Waals surface area contributed by atoms with Crippen LogP contribution < -0.4 is 11.1 Å². The molecule has 0 spiro atoms. The van der Waals surface area contributed by atoms with E-state index < -0.39 is 0 Å². The summed E-state index contributed by atoms with van der Waals surface area (Å²) in [6.07, 6.45) is 4.74. The average molecular weight is 282 g/mol. The van der Waals surface area contributed by atoms with E-state index in [9.17, 15) is 4.79 Å². The van der Waals surface area contributed by atoms with Gasteiger partial charge in [-0.25, -0.2) is 4.98 Å². The Labute approximate surface area is 118 Å². The number of anilines is 1. The van der Waals surface area contributed by atoms with Gasteiger partial charge in [0.25, 0.3) is 0 Å². The van der Waals surface area contributed by atoms with Gasteiger partial charge in [-0.2, -0.15) is 0 Å². The molecule has 6 heteroatoms. The maximum Gasteiger partial charge on any atom is 0.223 e. The Morgan fingerprint density at radius 1 is 1.58 bits per heavy atom. The van der Waals surface area contributed by atoms with Gasteiger partial charge in [0, 0.05) is 30.1 Å². The van der Waals surface area contributed by atoms with Crippen LogP contribution in [0.3, 0.4) is 0 Å². The number of hydrogen-bond donors (Lipinski definition) is 2. The highest BCUT2D eigenvalue weighted by atomic mass is 32.1. The summed E-state index contributed by atoms with van der Waals surface area (Å²) in [5, 5.41) is 3.62. The Hall–Kier alpha value is -1.14. The van der Waals surface area contributed by atoms with Gasteiger partial charge in [0.1, 0.15) is 0 Å². The number of nitrogen functional groups attached to an aromatic ring is 1. The Kier molecular flexibility index (Phi) is 5.15. The minimum atomic E-state index is 0.189. The van der Waals surface area contributed by atoms with Crippen molar-refractivity contribution in [2.75, 3.05) is 25.4 Å². The molecule has 5 nitrogen and oxygen atoms in total. The monoisotopic (exact) mass is 282 g/mol. The lowest BCUT2D eigenvalue weighted by Gasteiger charge is -2.30. The number of carbonyl (C=O) groups is 1. The van der Waals surface area contributed by atoms with Gasteiger partial charge in [-0.15, -0.1) is 11.3 Å². The maximum absolute atomic E-state index is 11.9. The smallest absolute Gasteiger partial charge is 0.223 e. The van der Waals surface area contributed by atoms with Crippen molar-refractivity contribution in [2.24, 2.45) is 5.92 Å². The minimum absolute atomic E-state index is 0.189. The number of rotatable bonds is 5. The van der Waals surface area contributed by atoms with Crippen LogP contribution in [0.5, 0.6) is 0 Å². The van der Waals surface area contributed by atoms with Gasteiger partial charge >= 0.3 is 0 Å². The van der Waals surface area contributed by atoms with Crippen LogP contribution in [-0.2, 0) is 11.3 Å². The number of aromatic nitrogens is 1. The number of hydrogen-bond acceptors (Lipinski definition) is 5. The second-order valence-corrected chi connectivity index (χ2v) is 6.15. The first-order valence-corrected chi connectivity index (χ1v) is 7.71. The first-order valence-electron chi connectivity index (χ1n) is 6.89. The van der Waals surface area contributed by atoms with Gasteiger partial charge in [0.05, 0.1) is 0 Å². The normalized spacial score (nSPS) is 17.5. The Balaban J connectivity index is 1.74. The van der Waals surface area contributed by atoms with Crippen molar-refractivity contribution in [2.45, 2.75) is 32.7 Å². The lowest BCUT2D eigenvalue weighted by molar-refractivity contribution is -0.126. The van der Waals surface area contributed by atoms with E-state index in [-0.39, 0.29) is 11.8 Å². The molecule has 3 N–H and O–H groups in total. The minimum Gasteiger partial charge on any atom is -0.375 e. The van der Waals surface area contributed by atoms with E-state index in [2.05, 4.69) is 22.1 Å². The second kappa shape index (κ2) is 6.86. The zero-order chi connectivity index (χ0) is 13.7. The van der Waals surface area contributed by atoms with Crippen molar-refractivity contribution in [3.05, 3.63) is 11.1 Å². The summed E-state index contributed by atoms with van der Waals surface area (Å²) in [6, 6.07) is 0. The molecule has 1 aromatic heterocycles. The van der Waals surface area contributed by atoms with Gasteiger partial charge in [-0.05, 0) is 32.4 Å². The van der Waals surface area contributed by atoms with Gasteiger partial charge in [-0.1, -0.05) is 6.92 Å². The van der Waals surface area contributed by atoms with Crippen LogP contribution in [0.4, 0.5) is 5.13 Å². The third-order valence-electron chi connectivity index (χ3n) is 3.46. The quantitative estimate of drug-likeness (QED) is 0.858. The number of nitrogens with zero attached hydrogens (tertiary/aromatic N) is 2. The molecule has 19 heavy (non-hydrogen) atoms. The summed E-state index contributed by atoms with van der Waals surface area (Å²) in [5.74, 6) is 0.415. The summed E-state index contributed by atoms with van der Waals surface area (Å²) in [7, 11) is 0. The Morgan fingerprint density at radius 2 is 2.32 bits per heavy atom. The molecular weight excluding hydrogens is 260 g/mol. The molecule has 0 atom stereocenters. The van der Waals surface area contributed by atoms with Gasteiger partial charge < -0.3 is 11.1 Å². The number of likely N-dealkylation sites (tertiary alicyclic amines) is 1. The number of carbonyl (C=O) groups excluding carboxylic acids is 1. The largest absolute Gasteiger partial charge is 0.375 e. The first-order chi connectivity index (χ1) is 9.19. The highest BCUT2D eigenvalue weighted by Gasteiger charge is 2.24. The SMILES string of the molecule is CCCNC(=O)C1CCN(Cc2cnc(N)s2)CC1. The first kappa shape index (κ1) is 14.3. The van der Waals surface area contributed by atoms with E-state index >= 15 is 0 Å². The number of thiazole rings is 1. The summed E-state index contributed by atoms with van der Waals surface area (Å²) in [4.78, 5) is 19.5. The lowest BCUT2D eigenvalue weighted by atomic mass is 9.96. The van der Waals surface area contributed by atoms with Crippen molar-refractivity contribution in [3.8, 4) is 0 Å². The molecule has 1 aliphatic heterocycles. The van der Waals surface area contributed by atoms with E-state index in [1.807, 2.05) is 6.20 Å². The highest BCUT2D eigenvalue weighted by molar-refractivity contribution is 7.15. The summed E-state index contributed by atoms with van der Waals surface area (Å²) in [5.41, 5.74) is 5.63. The molecule has 1 aromatic rings. The standard InChI is InChI=1S/C13H22N4OS/c1-2-5-15-12(18)10-3-6-17(7-4-10)9-11-8-16-13(14)19-11/h8,10H,2-7,9H2,1H3,(H2,14,16)(H,15,18). The van der Waals surface area contributed by atoms with Crippen LogP contribution in [0.15, 0.2) is 6.20 Å². The van der Waals surface area contributed by atoms with E-state index in [1.54, 1.807) is 11.3 Å². The van der Waals surface area contributed by atoms with Crippen molar-refractivity contribution in [1.82, 2.24) is 15.2 Å². The molecule has 0 aliphatic carbocycles. The molecule has 0 saturated carbocycles. The van der Waals surface area contributed by atoms with Crippen LogP contribution in [0.2, 0.25) is 0 Å². The third kappa shape index (κ3) is 4.18. The van der Waals surface area contributed by atoms with E-state index in [1.165, 1.54) is 4.88 Å². The highest BCUT2D eigenvalue weighted by Crippen LogP contribution is 2.22. The molecule has 1 aliphatic rings. The summed E-state index contributed by atoms with van der Waals surface area (Å²) >= 11 is 1.55. The number of amides is 1. The topological polar surface area (TPSA) is 71.2 Å². The average Bonchev–Trinajstić information content (AvgIpc) is 2.82. The molecule has 0 aromatic carbocycles. The van der Waals surface area contributed by atoms with E-state index in [0.717, 1.165) is 45.4 Å². The fraction of sp³-hybridized carbons (Fsp3) is 0.692. The van der Waals surface area contributed by atoms with Gasteiger partial charge in [-0.3, -0.25) is 9.69 Å². The molecule has 2 heterocycles. The molecule has 1 amide bonds. The number of nitrogens with one attached hydrogen (secondary N) is 1. The van der Waals surface area contributed by atoms with Crippen molar-refractivity contribution >= 4 is 22.4 Å².